The minimum atomic E-state index is 0.233. The average Bonchev–Trinajstić information content (AvgIpc) is 2.20. The summed E-state index contributed by atoms with van der Waals surface area (Å²) in [6.07, 6.45) is 0. The first-order chi connectivity index (χ1) is 6.77. The lowest BCUT2D eigenvalue weighted by molar-refractivity contribution is 0.196. The Labute approximate surface area is 99.1 Å². The molecule has 1 aromatic carbocycles. The molecule has 1 rings (SSSR count). The Morgan fingerprint density at radius 3 is 2.64 bits per heavy atom. The highest BCUT2D eigenvalue weighted by molar-refractivity contribution is 14.1. The van der Waals surface area contributed by atoms with Crippen LogP contribution in [0.4, 0.5) is 0 Å². The molecule has 0 aromatic heterocycles. The van der Waals surface area contributed by atoms with E-state index in [0.717, 1.165) is 19.6 Å². The largest absolute Gasteiger partial charge is 0.395 e. The van der Waals surface area contributed by atoms with Crippen molar-refractivity contribution in [3.05, 3.63) is 33.4 Å². The number of rotatable bonds is 5. The molecule has 0 heterocycles. The Bertz CT molecular complexity index is 278. The molecule has 0 bridgehead atoms. The highest BCUT2D eigenvalue weighted by atomic mass is 125. The van der Waals surface area contributed by atoms with E-state index in [0.29, 0.717) is 0 Å². The molecule has 0 unspecified atom stereocenters. The third-order valence-electron chi connectivity index (χ3n) is 2.22. The molecule has 0 spiro atoms. The van der Waals surface area contributed by atoms with Crippen molar-refractivity contribution in [3.8, 4) is 0 Å². The van der Waals surface area contributed by atoms with Crippen molar-refractivity contribution in [2.75, 3.05) is 19.7 Å². The van der Waals surface area contributed by atoms with Gasteiger partial charge >= 0.3 is 0 Å². The van der Waals surface area contributed by atoms with E-state index >= 15 is 0 Å². The van der Waals surface area contributed by atoms with Gasteiger partial charge in [-0.3, -0.25) is 4.90 Å². The van der Waals surface area contributed by atoms with E-state index in [2.05, 4.69) is 52.6 Å². The molecule has 14 heavy (non-hydrogen) atoms. The summed E-state index contributed by atoms with van der Waals surface area (Å²) in [5.74, 6) is 0. The first-order valence-electron chi connectivity index (χ1n) is 4.84. The number of likely N-dealkylation sites (N-methyl/N-ethyl adjacent to an activating group) is 1. The minimum Gasteiger partial charge on any atom is -0.395 e. The molecule has 0 radical (unpaired) electrons. The van der Waals surface area contributed by atoms with Crippen LogP contribution in [0.1, 0.15) is 12.5 Å². The number of nitrogens with zero attached hydrogens (tertiary/aromatic N) is 1. The summed E-state index contributed by atoms with van der Waals surface area (Å²) in [6.45, 7) is 5.01. The maximum absolute atomic E-state index is 8.87. The Kier molecular flexibility index (Phi) is 5.44. The predicted molar refractivity (Wildman–Crippen MR) is 67.2 cm³/mol. The Morgan fingerprint density at radius 2 is 2.07 bits per heavy atom. The van der Waals surface area contributed by atoms with Crippen LogP contribution in [0.3, 0.4) is 0 Å². The van der Waals surface area contributed by atoms with Crippen LogP contribution in [-0.2, 0) is 6.54 Å². The molecule has 0 aliphatic heterocycles. The second-order valence-corrected chi connectivity index (χ2v) is 4.35. The fourth-order valence-corrected chi connectivity index (χ4v) is 1.92. The van der Waals surface area contributed by atoms with Crippen molar-refractivity contribution in [1.82, 2.24) is 4.90 Å². The fourth-order valence-electron chi connectivity index (χ4n) is 1.36. The molecule has 1 aromatic rings. The quantitative estimate of drug-likeness (QED) is 0.842. The number of halogens is 1. The summed E-state index contributed by atoms with van der Waals surface area (Å²) in [4.78, 5) is 2.23. The molecule has 0 amide bonds. The van der Waals surface area contributed by atoms with Gasteiger partial charge in [0.25, 0.3) is 0 Å². The summed E-state index contributed by atoms with van der Waals surface area (Å²) < 4.78 is 1.29. The van der Waals surface area contributed by atoms with Crippen LogP contribution in [0.5, 0.6) is 0 Å². The standard InChI is InChI=1S/C11H16INO/c1-2-13(7-8-14)9-10-5-3-4-6-11(10)12/h3-6,14H,2,7-9H2,1H3/i12-2. The number of aliphatic hydroxyl groups excluding tert-OH is 1. The van der Waals surface area contributed by atoms with Gasteiger partial charge in [0.05, 0.1) is 6.61 Å². The lowest BCUT2D eigenvalue weighted by Gasteiger charge is -2.19. The second kappa shape index (κ2) is 6.37. The van der Waals surface area contributed by atoms with Crippen molar-refractivity contribution in [1.29, 1.82) is 0 Å². The summed E-state index contributed by atoms with van der Waals surface area (Å²) in [5, 5.41) is 8.87. The van der Waals surface area contributed by atoms with Gasteiger partial charge in [-0.1, -0.05) is 25.1 Å². The maximum atomic E-state index is 8.87. The zero-order valence-corrected chi connectivity index (χ0v) is 10.6. The van der Waals surface area contributed by atoms with Crippen LogP contribution < -0.4 is 0 Å². The fraction of sp³-hybridized carbons (Fsp3) is 0.455. The predicted octanol–water partition coefficient (Wildman–Crippen LogP) is 2.11. The first kappa shape index (κ1) is 11.9. The number of aliphatic hydroxyl groups is 1. The molecule has 78 valence electrons. The molecule has 2 nitrogen and oxygen atoms in total. The van der Waals surface area contributed by atoms with Gasteiger partial charge in [-0.15, -0.1) is 0 Å². The highest BCUT2D eigenvalue weighted by Gasteiger charge is 2.04. The molecule has 3 heteroatoms. The lowest BCUT2D eigenvalue weighted by Crippen LogP contribution is -2.26. The van der Waals surface area contributed by atoms with Gasteiger partial charge in [0.15, 0.2) is 0 Å². The van der Waals surface area contributed by atoms with E-state index in [1.54, 1.807) is 0 Å². The van der Waals surface area contributed by atoms with Crippen LogP contribution in [-0.4, -0.2) is 29.7 Å². The molecule has 0 aliphatic rings. The Balaban J connectivity index is 2.62. The third kappa shape index (κ3) is 3.55. The van der Waals surface area contributed by atoms with Crippen molar-refractivity contribution in [2.45, 2.75) is 13.5 Å². The van der Waals surface area contributed by atoms with Gasteiger partial charge in [-0.2, -0.15) is 0 Å². The van der Waals surface area contributed by atoms with Crippen LogP contribution in [0.2, 0.25) is 0 Å². The molecular weight excluding hydrogens is 287 g/mol. The number of hydrogen-bond acceptors (Lipinski definition) is 2. The monoisotopic (exact) mass is 303 g/mol. The van der Waals surface area contributed by atoms with Gasteiger partial charge in [-0.25, -0.2) is 0 Å². The molecule has 0 atom stereocenters. The van der Waals surface area contributed by atoms with Gasteiger partial charge in [-0.05, 0) is 40.8 Å². The van der Waals surface area contributed by atoms with Crippen LogP contribution in [0, 0.1) is 3.57 Å². The van der Waals surface area contributed by atoms with Crippen LogP contribution in [0.25, 0.3) is 0 Å². The first-order valence-corrected chi connectivity index (χ1v) is 5.92. The number of benzene rings is 1. The van der Waals surface area contributed by atoms with Gasteiger partial charge < -0.3 is 5.11 Å². The van der Waals surface area contributed by atoms with Gasteiger partial charge in [0.2, 0.25) is 0 Å². The van der Waals surface area contributed by atoms with Crippen LogP contribution >= 0.6 is 22.6 Å². The van der Waals surface area contributed by atoms with Crippen molar-refractivity contribution >= 4 is 22.6 Å². The Morgan fingerprint density at radius 1 is 1.36 bits per heavy atom. The molecule has 0 saturated carbocycles. The lowest BCUT2D eigenvalue weighted by atomic mass is 10.2. The zero-order valence-electron chi connectivity index (χ0n) is 8.41. The molecular formula is C11H16INO. The number of hydrogen-bond donors (Lipinski definition) is 1. The SMILES string of the molecule is CCN(CCO)Cc1ccccc1[125I]. The van der Waals surface area contributed by atoms with E-state index < -0.39 is 0 Å². The smallest absolute Gasteiger partial charge is 0.0558 e. The van der Waals surface area contributed by atoms with Crippen molar-refractivity contribution < 1.29 is 5.11 Å². The van der Waals surface area contributed by atoms with Crippen LogP contribution in [0.15, 0.2) is 24.3 Å². The minimum absolute atomic E-state index is 0.233. The normalized spacial score (nSPS) is 10.9. The van der Waals surface area contributed by atoms with Gasteiger partial charge in [0.1, 0.15) is 0 Å². The molecule has 0 saturated heterocycles. The summed E-state index contributed by atoms with van der Waals surface area (Å²) in [5.41, 5.74) is 1.34. The molecule has 0 fully saturated rings. The zero-order chi connectivity index (χ0) is 10.4. The highest BCUT2D eigenvalue weighted by Crippen LogP contribution is 2.13. The maximum Gasteiger partial charge on any atom is 0.0558 e. The van der Waals surface area contributed by atoms with E-state index in [-0.39, 0.29) is 6.61 Å². The average molecular weight is 303 g/mol. The van der Waals surface area contributed by atoms with Crippen molar-refractivity contribution in [2.24, 2.45) is 0 Å². The molecule has 0 aliphatic carbocycles. The third-order valence-corrected chi connectivity index (χ3v) is 3.27. The van der Waals surface area contributed by atoms with Crippen molar-refractivity contribution in [3.63, 3.8) is 0 Å². The second-order valence-electron chi connectivity index (χ2n) is 3.18. The van der Waals surface area contributed by atoms with E-state index in [1.165, 1.54) is 9.13 Å². The topological polar surface area (TPSA) is 23.5 Å². The molecule has 1 N–H and O–H groups in total. The summed E-state index contributed by atoms with van der Waals surface area (Å²) >= 11 is 2.35. The Hall–Kier alpha value is -0.130. The van der Waals surface area contributed by atoms with E-state index in [4.69, 9.17) is 5.11 Å². The summed E-state index contributed by atoms with van der Waals surface area (Å²) in [7, 11) is 0. The van der Waals surface area contributed by atoms with E-state index in [9.17, 15) is 0 Å². The summed E-state index contributed by atoms with van der Waals surface area (Å²) in [6, 6.07) is 8.36. The van der Waals surface area contributed by atoms with Gasteiger partial charge in [0, 0.05) is 16.7 Å². The van der Waals surface area contributed by atoms with E-state index in [1.807, 2.05) is 6.07 Å².